The summed E-state index contributed by atoms with van der Waals surface area (Å²) in [4.78, 5) is 41.0. The quantitative estimate of drug-likeness (QED) is 0.797. The minimum atomic E-state index is -0.681. The molecule has 1 atom stereocenters. The van der Waals surface area contributed by atoms with Gasteiger partial charge >= 0.3 is 0 Å². The van der Waals surface area contributed by atoms with Crippen LogP contribution < -0.4 is 5.32 Å². The highest BCUT2D eigenvalue weighted by molar-refractivity contribution is 5.98. The lowest BCUT2D eigenvalue weighted by Gasteiger charge is -2.37. The summed E-state index contributed by atoms with van der Waals surface area (Å²) in [6, 6.07) is 9.22. The number of halogens is 1. The summed E-state index contributed by atoms with van der Waals surface area (Å²) in [7, 11) is 3.30. The van der Waals surface area contributed by atoms with Crippen LogP contribution in [-0.4, -0.2) is 47.7 Å². The van der Waals surface area contributed by atoms with Crippen molar-refractivity contribution in [2.24, 2.45) is 0 Å². The van der Waals surface area contributed by atoms with Crippen LogP contribution in [0.25, 0.3) is 0 Å². The second-order valence-corrected chi connectivity index (χ2v) is 8.13. The van der Waals surface area contributed by atoms with E-state index in [1.165, 1.54) is 15.9 Å². The zero-order chi connectivity index (χ0) is 22.7. The van der Waals surface area contributed by atoms with Crippen molar-refractivity contribution in [2.45, 2.75) is 45.7 Å². The highest BCUT2D eigenvalue weighted by Crippen LogP contribution is 2.28. The summed E-state index contributed by atoms with van der Waals surface area (Å²) in [6.07, 6.45) is 1.54. The molecule has 3 rings (SSSR count). The van der Waals surface area contributed by atoms with Crippen LogP contribution in [0, 0.1) is 12.7 Å². The number of nitrogens with zero attached hydrogens (tertiary/aromatic N) is 2. The van der Waals surface area contributed by atoms with Gasteiger partial charge in [-0.25, -0.2) is 4.39 Å². The molecule has 7 heteroatoms. The third-order valence-corrected chi connectivity index (χ3v) is 5.50. The summed E-state index contributed by atoms with van der Waals surface area (Å²) in [6.45, 7) is 3.77. The van der Waals surface area contributed by atoms with Gasteiger partial charge in [0.25, 0.3) is 5.91 Å². The average Bonchev–Trinajstić information content (AvgIpc) is 2.73. The Bertz CT molecular complexity index is 1020. The molecule has 164 valence electrons. The molecule has 0 fully saturated rings. The fraction of sp³-hybridized carbons (Fsp3) is 0.375. The van der Waals surface area contributed by atoms with Gasteiger partial charge in [-0.05, 0) is 54.3 Å². The normalized spacial score (nSPS) is 15.3. The van der Waals surface area contributed by atoms with Crippen molar-refractivity contribution in [2.75, 3.05) is 19.4 Å². The first kappa shape index (κ1) is 22.5. The smallest absolute Gasteiger partial charge is 0.254 e. The van der Waals surface area contributed by atoms with Gasteiger partial charge in [0.15, 0.2) is 0 Å². The van der Waals surface area contributed by atoms with Gasteiger partial charge in [-0.2, -0.15) is 0 Å². The van der Waals surface area contributed by atoms with E-state index in [0.717, 1.165) is 17.5 Å². The van der Waals surface area contributed by atoms with Crippen LogP contribution in [-0.2, 0) is 22.6 Å². The van der Waals surface area contributed by atoms with E-state index in [9.17, 15) is 18.8 Å². The summed E-state index contributed by atoms with van der Waals surface area (Å²) >= 11 is 0. The molecule has 1 aliphatic rings. The monoisotopic (exact) mass is 425 g/mol. The molecule has 1 heterocycles. The van der Waals surface area contributed by atoms with Crippen molar-refractivity contribution in [3.8, 4) is 0 Å². The Hall–Kier alpha value is -3.22. The van der Waals surface area contributed by atoms with Crippen LogP contribution in [0.5, 0.6) is 0 Å². The summed E-state index contributed by atoms with van der Waals surface area (Å²) in [5, 5.41) is 2.87. The fourth-order valence-electron chi connectivity index (χ4n) is 3.74. The summed E-state index contributed by atoms with van der Waals surface area (Å²) in [5.41, 5.74) is 3.12. The van der Waals surface area contributed by atoms with Crippen molar-refractivity contribution >= 4 is 23.4 Å². The molecule has 2 aromatic carbocycles. The second kappa shape index (κ2) is 9.29. The van der Waals surface area contributed by atoms with Gasteiger partial charge in [0.2, 0.25) is 11.8 Å². The molecule has 0 radical (unpaired) electrons. The van der Waals surface area contributed by atoms with Crippen LogP contribution in [0.1, 0.15) is 46.8 Å². The molecule has 3 amide bonds. The topological polar surface area (TPSA) is 69.7 Å². The minimum absolute atomic E-state index is 0.0676. The molecular weight excluding hydrogens is 397 g/mol. The molecule has 1 aliphatic heterocycles. The Morgan fingerprint density at radius 3 is 2.52 bits per heavy atom. The molecular formula is C24H28FN3O3. The molecule has 0 bridgehead atoms. The number of fused-ring (bicyclic) bond motifs is 1. The van der Waals surface area contributed by atoms with Gasteiger partial charge < -0.3 is 15.1 Å². The van der Waals surface area contributed by atoms with Crippen LogP contribution >= 0.6 is 0 Å². The Kier molecular flexibility index (Phi) is 6.73. The molecule has 0 saturated carbocycles. The van der Waals surface area contributed by atoms with E-state index in [2.05, 4.69) is 5.32 Å². The third kappa shape index (κ3) is 4.93. The Morgan fingerprint density at radius 1 is 1.13 bits per heavy atom. The number of hydrogen-bond acceptors (Lipinski definition) is 3. The number of carbonyl (C=O) groups is 3. The van der Waals surface area contributed by atoms with Gasteiger partial charge in [0.1, 0.15) is 11.9 Å². The van der Waals surface area contributed by atoms with Crippen LogP contribution in [0.4, 0.5) is 10.1 Å². The zero-order valence-electron chi connectivity index (χ0n) is 18.4. The van der Waals surface area contributed by atoms with Crippen molar-refractivity contribution in [1.82, 2.24) is 9.80 Å². The highest BCUT2D eigenvalue weighted by atomic mass is 19.1. The molecule has 0 unspecified atom stereocenters. The first-order valence-electron chi connectivity index (χ1n) is 10.4. The Balaban J connectivity index is 1.95. The fourth-order valence-corrected chi connectivity index (χ4v) is 3.74. The molecule has 0 saturated heterocycles. The first-order chi connectivity index (χ1) is 14.7. The maximum absolute atomic E-state index is 14.1. The number of amides is 3. The molecule has 2 aromatic rings. The number of aryl methyl sites for hydroxylation is 1. The SMILES string of the molecule is CCCC(=O)Nc1ccc2c(c1)CN(C(=O)c1ccc(C)c(F)c1)[C@H](C(=O)N(C)C)C2. The lowest BCUT2D eigenvalue weighted by molar-refractivity contribution is -0.134. The van der Waals surface area contributed by atoms with Gasteiger partial charge in [-0.15, -0.1) is 0 Å². The third-order valence-electron chi connectivity index (χ3n) is 5.50. The number of likely N-dealkylation sites (N-methyl/N-ethyl adjacent to an activating group) is 1. The highest BCUT2D eigenvalue weighted by Gasteiger charge is 2.36. The molecule has 0 aliphatic carbocycles. The van der Waals surface area contributed by atoms with Crippen molar-refractivity contribution in [3.63, 3.8) is 0 Å². The van der Waals surface area contributed by atoms with E-state index in [1.54, 1.807) is 33.2 Å². The van der Waals surface area contributed by atoms with E-state index >= 15 is 0 Å². The van der Waals surface area contributed by atoms with Crippen LogP contribution in [0.15, 0.2) is 36.4 Å². The standard InChI is InChI=1S/C24H28FN3O3/c1-5-6-22(29)26-19-10-9-16-13-21(24(31)27(3)4)28(14-18(16)11-19)23(30)17-8-7-15(2)20(25)12-17/h7-12,21H,5-6,13-14H2,1-4H3,(H,26,29)/t21-/m0/s1. The largest absolute Gasteiger partial charge is 0.347 e. The maximum atomic E-state index is 14.1. The van der Waals surface area contributed by atoms with Gasteiger partial charge in [0, 0.05) is 44.7 Å². The summed E-state index contributed by atoms with van der Waals surface area (Å²) < 4.78 is 14.1. The predicted molar refractivity (Wildman–Crippen MR) is 117 cm³/mol. The average molecular weight is 426 g/mol. The lowest BCUT2D eigenvalue weighted by atomic mass is 9.92. The Labute approximate surface area is 182 Å². The van der Waals surface area contributed by atoms with Crippen molar-refractivity contribution in [3.05, 3.63) is 64.5 Å². The zero-order valence-corrected chi connectivity index (χ0v) is 18.4. The summed E-state index contributed by atoms with van der Waals surface area (Å²) in [5.74, 6) is -1.11. The number of benzene rings is 2. The molecule has 0 aromatic heterocycles. The first-order valence-corrected chi connectivity index (χ1v) is 10.4. The van der Waals surface area contributed by atoms with Crippen molar-refractivity contribution < 1.29 is 18.8 Å². The number of anilines is 1. The lowest BCUT2D eigenvalue weighted by Crippen LogP contribution is -2.52. The van der Waals surface area contributed by atoms with E-state index < -0.39 is 17.8 Å². The number of carbonyl (C=O) groups excluding carboxylic acids is 3. The molecule has 31 heavy (non-hydrogen) atoms. The number of hydrogen-bond donors (Lipinski definition) is 1. The minimum Gasteiger partial charge on any atom is -0.347 e. The van der Waals surface area contributed by atoms with Crippen LogP contribution in [0.2, 0.25) is 0 Å². The maximum Gasteiger partial charge on any atom is 0.254 e. The predicted octanol–water partition coefficient (Wildman–Crippen LogP) is 3.53. The number of rotatable bonds is 5. The van der Waals surface area contributed by atoms with Gasteiger partial charge in [0.05, 0.1) is 0 Å². The molecule has 0 spiro atoms. The van der Waals surface area contributed by atoms with Crippen LogP contribution in [0.3, 0.4) is 0 Å². The van der Waals surface area contributed by atoms with E-state index in [4.69, 9.17) is 0 Å². The van der Waals surface area contributed by atoms with Gasteiger partial charge in [-0.1, -0.05) is 19.1 Å². The van der Waals surface area contributed by atoms with Gasteiger partial charge in [-0.3, -0.25) is 14.4 Å². The molecule has 1 N–H and O–H groups in total. The second-order valence-electron chi connectivity index (χ2n) is 8.13. The van der Waals surface area contributed by atoms with E-state index in [1.807, 2.05) is 25.1 Å². The molecule has 6 nitrogen and oxygen atoms in total. The van der Waals surface area contributed by atoms with E-state index in [-0.39, 0.29) is 23.9 Å². The number of nitrogens with one attached hydrogen (secondary N) is 1. The van der Waals surface area contributed by atoms with E-state index in [0.29, 0.717) is 24.1 Å². The van der Waals surface area contributed by atoms with Crippen molar-refractivity contribution in [1.29, 1.82) is 0 Å². The Morgan fingerprint density at radius 2 is 1.87 bits per heavy atom.